The van der Waals surface area contributed by atoms with E-state index in [4.69, 9.17) is 14.2 Å². The molecule has 0 aromatic heterocycles. The minimum absolute atomic E-state index is 0.0272. The van der Waals surface area contributed by atoms with E-state index in [1.807, 2.05) is 54.6 Å². The van der Waals surface area contributed by atoms with Crippen LogP contribution in [0.5, 0.6) is 17.2 Å². The molecule has 2 aliphatic rings. The maximum atomic E-state index is 12.2. The number of carbonyl (C=O) groups is 2. The Balaban J connectivity index is 1.36. The molecule has 176 valence electrons. The second kappa shape index (κ2) is 9.63. The highest BCUT2D eigenvalue weighted by Crippen LogP contribution is 2.38. The third-order valence-electron chi connectivity index (χ3n) is 6.51. The summed E-state index contributed by atoms with van der Waals surface area (Å²) in [4.78, 5) is 23.9. The summed E-state index contributed by atoms with van der Waals surface area (Å²) >= 11 is 0. The number of amides is 1. The number of fused-ring (bicyclic) bond motifs is 2. The number of hydrogen-bond donors (Lipinski definition) is 2. The zero-order valence-corrected chi connectivity index (χ0v) is 18.8. The molecule has 1 saturated carbocycles. The van der Waals surface area contributed by atoms with Crippen LogP contribution in [0.15, 0.2) is 54.6 Å². The number of carbonyl (C=O) groups excluding carboxylic acids is 1. The van der Waals surface area contributed by atoms with Gasteiger partial charge in [-0.05, 0) is 59.0 Å². The van der Waals surface area contributed by atoms with E-state index in [0.717, 1.165) is 47.6 Å². The van der Waals surface area contributed by atoms with Crippen LogP contribution in [0.25, 0.3) is 10.8 Å². The minimum Gasteiger partial charge on any atom is -0.484 e. The van der Waals surface area contributed by atoms with E-state index in [1.165, 1.54) is 0 Å². The molecule has 7 heteroatoms. The van der Waals surface area contributed by atoms with Crippen molar-refractivity contribution in [1.82, 2.24) is 5.32 Å². The van der Waals surface area contributed by atoms with Gasteiger partial charge in [-0.1, -0.05) is 43.2 Å². The molecule has 5 rings (SSSR count). The molecule has 1 fully saturated rings. The van der Waals surface area contributed by atoms with Crippen molar-refractivity contribution in [3.05, 3.63) is 65.7 Å². The average molecular weight is 462 g/mol. The van der Waals surface area contributed by atoms with Crippen molar-refractivity contribution in [2.24, 2.45) is 0 Å². The molecular weight excluding hydrogens is 434 g/mol. The first-order valence-corrected chi connectivity index (χ1v) is 11.6. The van der Waals surface area contributed by atoms with Crippen molar-refractivity contribution in [3.63, 3.8) is 0 Å². The fraction of sp³-hybridized carbons (Fsp3) is 0.333. The fourth-order valence-electron chi connectivity index (χ4n) is 4.77. The van der Waals surface area contributed by atoms with E-state index < -0.39 is 5.97 Å². The lowest BCUT2D eigenvalue weighted by atomic mass is 9.87. The number of carboxylic acids is 1. The summed E-state index contributed by atoms with van der Waals surface area (Å²) in [5.41, 5.74) is 1.73. The first-order chi connectivity index (χ1) is 16.5. The summed E-state index contributed by atoms with van der Waals surface area (Å²) in [6, 6.07) is 17.4. The molecule has 0 radical (unpaired) electrons. The molecule has 1 aliphatic carbocycles. The smallest absolute Gasteiger partial charge is 0.304 e. The van der Waals surface area contributed by atoms with Gasteiger partial charge in [0.1, 0.15) is 5.75 Å². The SMILES string of the molecule is O=C(O)CC(c1ccc2c(c1)OCO2)c1ccc2ccc(OCC(=O)NC3CCCC3)cc2c1. The van der Waals surface area contributed by atoms with E-state index in [2.05, 4.69) is 5.32 Å². The van der Waals surface area contributed by atoms with Gasteiger partial charge in [0.2, 0.25) is 6.79 Å². The average Bonchev–Trinajstić information content (AvgIpc) is 3.52. The van der Waals surface area contributed by atoms with Gasteiger partial charge in [-0.25, -0.2) is 0 Å². The molecule has 3 aromatic carbocycles. The number of benzene rings is 3. The minimum atomic E-state index is -0.881. The summed E-state index contributed by atoms with van der Waals surface area (Å²) in [6.07, 6.45) is 4.33. The first-order valence-electron chi connectivity index (χ1n) is 11.6. The predicted molar refractivity (Wildman–Crippen MR) is 127 cm³/mol. The quantitative estimate of drug-likeness (QED) is 0.509. The molecule has 2 N–H and O–H groups in total. The molecule has 1 amide bonds. The largest absolute Gasteiger partial charge is 0.484 e. The Morgan fingerprint density at radius 1 is 0.941 bits per heavy atom. The first kappa shape index (κ1) is 22.1. The van der Waals surface area contributed by atoms with Crippen molar-refractivity contribution in [2.45, 2.75) is 44.1 Å². The van der Waals surface area contributed by atoms with Gasteiger partial charge < -0.3 is 24.6 Å². The highest BCUT2D eigenvalue weighted by molar-refractivity contribution is 5.85. The second-order valence-corrected chi connectivity index (χ2v) is 8.87. The molecule has 0 spiro atoms. The predicted octanol–water partition coefficient (Wildman–Crippen LogP) is 4.61. The highest BCUT2D eigenvalue weighted by Gasteiger charge is 2.22. The van der Waals surface area contributed by atoms with Gasteiger partial charge in [0.25, 0.3) is 5.91 Å². The maximum absolute atomic E-state index is 12.2. The van der Waals surface area contributed by atoms with Gasteiger partial charge in [-0.15, -0.1) is 0 Å². The van der Waals surface area contributed by atoms with Crippen LogP contribution in [0.2, 0.25) is 0 Å². The molecule has 3 aromatic rings. The monoisotopic (exact) mass is 461 g/mol. The Kier molecular flexibility index (Phi) is 6.25. The lowest BCUT2D eigenvalue weighted by Gasteiger charge is -2.17. The van der Waals surface area contributed by atoms with Gasteiger partial charge >= 0.3 is 5.97 Å². The lowest BCUT2D eigenvalue weighted by Crippen LogP contribution is -2.36. The summed E-state index contributed by atoms with van der Waals surface area (Å²) in [5, 5.41) is 14.5. The van der Waals surface area contributed by atoms with Crippen LogP contribution >= 0.6 is 0 Å². The number of carboxylic acid groups (broad SMARTS) is 1. The summed E-state index contributed by atoms with van der Waals surface area (Å²) < 4.78 is 16.6. The fourth-order valence-corrected chi connectivity index (χ4v) is 4.77. The molecule has 1 atom stereocenters. The number of hydrogen-bond acceptors (Lipinski definition) is 5. The Morgan fingerprint density at radius 2 is 1.68 bits per heavy atom. The Hall–Kier alpha value is -3.74. The number of nitrogens with one attached hydrogen (secondary N) is 1. The van der Waals surface area contributed by atoms with Crippen LogP contribution in [0.4, 0.5) is 0 Å². The summed E-state index contributed by atoms with van der Waals surface area (Å²) in [6.45, 7) is 0.139. The molecule has 0 bridgehead atoms. The third-order valence-corrected chi connectivity index (χ3v) is 6.51. The second-order valence-electron chi connectivity index (χ2n) is 8.87. The van der Waals surface area contributed by atoms with Crippen LogP contribution in [0.1, 0.15) is 49.1 Å². The van der Waals surface area contributed by atoms with E-state index in [0.29, 0.717) is 17.2 Å². The molecule has 7 nitrogen and oxygen atoms in total. The lowest BCUT2D eigenvalue weighted by molar-refractivity contribution is -0.137. The van der Waals surface area contributed by atoms with Crippen LogP contribution in [0, 0.1) is 0 Å². The third kappa shape index (κ3) is 4.93. The highest BCUT2D eigenvalue weighted by atomic mass is 16.7. The molecule has 1 aliphatic heterocycles. The number of aliphatic carboxylic acids is 1. The van der Waals surface area contributed by atoms with Crippen molar-refractivity contribution >= 4 is 22.6 Å². The Bertz CT molecular complexity index is 1220. The normalized spacial score (nSPS) is 15.9. The van der Waals surface area contributed by atoms with E-state index in [9.17, 15) is 14.7 Å². The molecule has 1 heterocycles. The topological polar surface area (TPSA) is 94.1 Å². The number of rotatable bonds is 8. The van der Waals surface area contributed by atoms with E-state index in [1.54, 1.807) is 0 Å². The maximum Gasteiger partial charge on any atom is 0.304 e. The molecule has 34 heavy (non-hydrogen) atoms. The van der Waals surface area contributed by atoms with Crippen molar-refractivity contribution < 1.29 is 28.9 Å². The van der Waals surface area contributed by atoms with E-state index in [-0.39, 0.29) is 37.7 Å². The van der Waals surface area contributed by atoms with Crippen LogP contribution < -0.4 is 19.5 Å². The molecular formula is C27H27NO6. The van der Waals surface area contributed by atoms with Gasteiger partial charge in [-0.2, -0.15) is 0 Å². The number of ether oxygens (including phenoxy) is 3. The van der Waals surface area contributed by atoms with Crippen molar-refractivity contribution in [1.29, 1.82) is 0 Å². The van der Waals surface area contributed by atoms with Crippen molar-refractivity contribution in [2.75, 3.05) is 13.4 Å². The summed E-state index contributed by atoms with van der Waals surface area (Å²) in [7, 11) is 0. The summed E-state index contributed by atoms with van der Waals surface area (Å²) in [5.74, 6) is 0.552. The van der Waals surface area contributed by atoms with Gasteiger partial charge in [0.05, 0.1) is 6.42 Å². The van der Waals surface area contributed by atoms with E-state index >= 15 is 0 Å². The Morgan fingerprint density at radius 3 is 2.50 bits per heavy atom. The van der Waals surface area contributed by atoms with Gasteiger partial charge in [0.15, 0.2) is 18.1 Å². The Labute approximate surface area is 197 Å². The van der Waals surface area contributed by atoms with Crippen molar-refractivity contribution in [3.8, 4) is 17.2 Å². The molecule has 0 saturated heterocycles. The zero-order chi connectivity index (χ0) is 23.5. The van der Waals surface area contributed by atoms with Gasteiger partial charge in [-0.3, -0.25) is 9.59 Å². The van der Waals surface area contributed by atoms with Crippen LogP contribution in [-0.2, 0) is 9.59 Å². The van der Waals surface area contributed by atoms with Gasteiger partial charge in [0, 0.05) is 12.0 Å². The van der Waals surface area contributed by atoms with Crippen LogP contribution in [0.3, 0.4) is 0 Å². The van der Waals surface area contributed by atoms with Crippen LogP contribution in [-0.4, -0.2) is 36.4 Å². The molecule has 1 unspecified atom stereocenters. The zero-order valence-electron chi connectivity index (χ0n) is 18.8. The standard InChI is InChI=1S/C27H27NO6/c29-26(28-21-3-1-2-4-21)15-32-22-9-7-17-5-6-18(11-20(17)12-22)23(14-27(30)31)19-8-10-24-25(13-19)34-16-33-24/h5-13,21,23H,1-4,14-16H2,(H,28,29)(H,30,31).